The van der Waals surface area contributed by atoms with Crippen LogP contribution in [0.15, 0.2) is 42.9 Å². The number of hydrogen-bond acceptors (Lipinski definition) is 5. The van der Waals surface area contributed by atoms with Gasteiger partial charge in [0.25, 0.3) is 0 Å². The molecule has 2 saturated heterocycles. The summed E-state index contributed by atoms with van der Waals surface area (Å²) in [5.74, 6) is -0.470. The second-order valence-electron chi connectivity index (χ2n) is 6.74. The zero-order chi connectivity index (χ0) is 18.8. The van der Waals surface area contributed by atoms with E-state index in [0.29, 0.717) is 37.6 Å². The van der Waals surface area contributed by atoms with Crippen LogP contribution >= 0.6 is 0 Å². The molecule has 2 amide bonds. The Balaban J connectivity index is 1.36. The van der Waals surface area contributed by atoms with Gasteiger partial charge in [-0.3, -0.25) is 14.6 Å². The van der Waals surface area contributed by atoms with Crippen LogP contribution in [0.2, 0.25) is 0 Å². The first-order chi connectivity index (χ1) is 13.1. The molecule has 1 aromatic heterocycles. The number of amides is 2. The minimum absolute atomic E-state index is 0.0433. The number of nitrogens with zero attached hydrogens (tertiary/aromatic N) is 4. The minimum Gasteiger partial charge on any atom is -0.471 e. The Kier molecular flexibility index (Phi) is 4.70. The van der Waals surface area contributed by atoms with Crippen molar-refractivity contribution in [1.29, 1.82) is 0 Å². The third-order valence-electron chi connectivity index (χ3n) is 4.90. The van der Waals surface area contributed by atoms with Crippen LogP contribution < -0.4 is 9.64 Å². The molecule has 3 heterocycles. The van der Waals surface area contributed by atoms with Crippen molar-refractivity contribution in [3.05, 3.63) is 48.7 Å². The highest BCUT2D eigenvalue weighted by atomic mass is 19.1. The molecule has 2 fully saturated rings. The predicted molar refractivity (Wildman–Crippen MR) is 94.5 cm³/mol. The molecule has 140 valence electrons. The van der Waals surface area contributed by atoms with Gasteiger partial charge in [-0.25, -0.2) is 9.37 Å². The Hall–Kier alpha value is -3.03. The largest absolute Gasteiger partial charge is 0.471 e. The molecule has 2 aliphatic heterocycles. The van der Waals surface area contributed by atoms with E-state index in [1.165, 1.54) is 12.1 Å². The van der Waals surface area contributed by atoms with E-state index in [-0.39, 0.29) is 30.2 Å². The molecule has 1 aromatic carbocycles. The summed E-state index contributed by atoms with van der Waals surface area (Å²) >= 11 is 0. The molecule has 2 aromatic rings. The zero-order valence-corrected chi connectivity index (χ0v) is 14.6. The standard InChI is InChI=1S/C19H19FN4O3/c20-14-1-3-15(4-2-14)24-11-13(9-18(24)25)19(26)23-8-5-16(12-23)27-17-10-21-6-7-22-17/h1-4,6-7,10,13,16H,5,8-9,11-12H2. The van der Waals surface area contributed by atoms with Gasteiger partial charge in [-0.15, -0.1) is 0 Å². The van der Waals surface area contributed by atoms with Crippen LogP contribution in [0, 0.1) is 11.7 Å². The second-order valence-corrected chi connectivity index (χ2v) is 6.74. The van der Waals surface area contributed by atoms with E-state index in [1.807, 2.05) is 0 Å². The number of ether oxygens (including phenoxy) is 1. The summed E-state index contributed by atoms with van der Waals surface area (Å²) in [4.78, 5) is 36.5. The fourth-order valence-corrected chi connectivity index (χ4v) is 3.54. The van der Waals surface area contributed by atoms with E-state index in [2.05, 4.69) is 9.97 Å². The molecule has 0 saturated carbocycles. The Morgan fingerprint density at radius 2 is 2.00 bits per heavy atom. The number of anilines is 1. The zero-order valence-electron chi connectivity index (χ0n) is 14.6. The number of carbonyl (C=O) groups excluding carboxylic acids is 2. The summed E-state index contributed by atoms with van der Waals surface area (Å²) < 4.78 is 18.8. The molecule has 2 unspecified atom stereocenters. The van der Waals surface area contributed by atoms with E-state index in [4.69, 9.17) is 4.74 Å². The van der Waals surface area contributed by atoms with Gasteiger partial charge in [0.15, 0.2) is 0 Å². The van der Waals surface area contributed by atoms with Crippen molar-refractivity contribution in [1.82, 2.24) is 14.9 Å². The number of aromatic nitrogens is 2. The van der Waals surface area contributed by atoms with Gasteiger partial charge in [0.2, 0.25) is 17.7 Å². The van der Waals surface area contributed by atoms with Crippen LogP contribution in [0.3, 0.4) is 0 Å². The Labute approximate surface area is 155 Å². The van der Waals surface area contributed by atoms with Gasteiger partial charge in [-0.2, -0.15) is 0 Å². The number of rotatable bonds is 4. The smallest absolute Gasteiger partial charge is 0.232 e. The van der Waals surface area contributed by atoms with E-state index in [9.17, 15) is 14.0 Å². The Bertz CT molecular complexity index is 831. The van der Waals surface area contributed by atoms with Crippen LogP contribution in [0.4, 0.5) is 10.1 Å². The molecule has 8 heteroatoms. The van der Waals surface area contributed by atoms with Crippen LogP contribution in [-0.2, 0) is 9.59 Å². The normalized spacial score (nSPS) is 22.3. The molecule has 7 nitrogen and oxygen atoms in total. The fraction of sp³-hybridized carbons (Fsp3) is 0.368. The maximum absolute atomic E-state index is 13.1. The lowest BCUT2D eigenvalue weighted by atomic mass is 10.1. The highest BCUT2D eigenvalue weighted by Gasteiger charge is 2.39. The Morgan fingerprint density at radius 1 is 1.19 bits per heavy atom. The topological polar surface area (TPSA) is 75.6 Å². The summed E-state index contributed by atoms with van der Waals surface area (Å²) in [6.45, 7) is 1.37. The van der Waals surface area contributed by atoms with Gasteiger partial charge in [-0.05, 0) is 24.3 Å². The number of carbonyl (C=O) groups is 2. The average molecular weight is 370 g/mol. The van der Waals surface area contributed by atoms with Gasteiger partial charge in [0, 0.05) is 44.0 Å². The summed E-state index contributed by atoms with van der Waals surface area (Å²) in [6, 6.07) is 5.74. The van der Waals surface area contributed by atoms with E-state index >= 15 is 0 Å². The van der Waals surface area contributed by atoms with Gasteiger partial charge >= 0.3 is 0 Å². The first-order valence-electron chi connectivity index (χ1n) is 8.87. The number of benzene rings is 1. The fourth-order valence-electron chi connectivity index (χ4n) is 3.54. The second kappa shape index (κ2) is 7.30. The van der Waals surface area contributed by atoms with Crippen molar-refractivity contribution in [3.63, 3.8) is 0 Å². The summed E-state index contributed by atoms with van der Waals surface area (Å²) in [7, 11) is 0. The van der Waals surface area contributed by atoms with Crippen molar-refractivity contribution in [2.45, 2.75) is 18.9 Å². The van der Waals surface area contributed by atoms with Crippen molar-refractivity contribution >= 4 is 17.5 Å². The molecular formula is C19H19FN4O3. The SMILES string of the molecule is O=C(C1CC(=O)N(c2ccc(F)cc2)C1)N1CCC(Oc2cnccn2)C1. The average Bonchev–Trinajstić information content (AvgIpc) is 3.30. The third-order valence-corrected chi connectivity index (χ3v) is 4.90. The number of likely N-dealkylation sites (tertiary alicyclic amines) is 1. The lowest BCUT2D eigenvalue weighted by Crippen LogP contribution is -2.37. The Morgan fingerprint density at radius 3 is 2.74 bits per heavy atom. The molecule has 27 heavy (non-hydrogen) atoms. The molecule has 0 N–H and O–H groups in total. The van der Waals surface area contributed by atoms with E-state index in [1.54, 1.807) is 40.5 Å². The lowest BCUT2D eigenvalue weighted by Gasteiger charge is -2.21. The van der Waals surface area contributed by atoms with Crippen molar-refractivity contribution in [2.75, 3.05) is 24.5 Å². The van der Waals surface area contributed by atoms with Crippen LogP contribution in [0.5, 0.6) is 5.88 Å². The first kappa shape index (κ1) is 17.4. The molecule has 2 atom stereocenters. The summed E-state index contributed by atoms with van der Waals surface area (Å²) in [5.41, 5.74) is 0.613. The van der Waals surface area contributed by atoms with E-state index < -0.39 is 5.92 Å². The van der Waals surface area contributed by atoms with Crippen LogP contribution in [0.25, 0.3) is 0 Å². The number of halogens is 1. The maximum atomic E-state index is 13.1. The van der Waals surface area contributed by atoms with Crippen molar-refractivity contribution < 1.29 is 18.7 Å². The molecule has 0 bridgehead atoms. The van der Waals surface area contributed by atoms with E-state index in [0.717, 1.165) is 0 Å². The summed E-state index contributed by atoms with van der Waals surface area (Å²) in [5, 5.41) is 0. The lowest BCUT2D eigenvalue weighted by molar-refractivity contribution is -0.135. The third kappa shape index (κ3) is 3.74. The van der Waals surface area contributed by atoms with Crippen molar-refractivity contribution in [3.8, 4) is 5.88 Å². The molecule has 4 rings (SSSR count). The highest BCUT2D eigenvalue weighted by molar-refractivity contribution is 6.00. The van der Waals surface area contributed by atoms with Gasteiger partial charge < -0.3 is 14.5 Å². The quantitative estimate of drug-likeness (QED) is 0.818. The monoisotopic (exact) mass is 370 g/mol. The van der Waals surface area contributed by atoms with Crippen LogP contribution in [0.1, 0.15) is 12.8 Å². The van der Waals surface area contributed by atoms with Gasteiger partial charge in [0.1, 0.15) is 11.9 Å². The van der Waals surface area contributed by atoms with Gasteiger partial charge in [-0.1, -0.05) is 0 Å². The number of hydrogen-bond donors (Lipinski definition) is 0. The predicted octanol–water partition coefficient (Wildman–Crippen LogP) is 1.65. The maximum Gasteiger partial charge on any atom is 0.232 e. The first-order valence-corrected chi connectivity index (χ1v) is 8.87. The molecule has 0 aliphatic carbocycles. The van der Waals surface area contributed by atoms with Gasteiger partial charge in [0.05, 0.1) is 18.7 Å². The minimum atomic E-state index is -0.391. The van der Waals surface area contributed by atoms with Crippen LogP contribution in [-0.4, -0.2) is 52.4 Å². The molecule has 0 radical (unpaired) electrons. The van der Waals surface area contributed by atoms with Crippen molar-refractivity contribution in [2.24, 2.45) is 5.92 Å². The molecular weight excluding hydrogens is 351 g/mol. The molecule has 0 spiro atoms. The highest BCUT2D eigenvalue weighted by Crippen LogP contribution is 2.28. The summed E-state index contributed by atoms with van der Waals surface area (Å²) in [6.07, 6.45) is 5.42. The molecule has 2 aliphatic rings.